The molecule has 7 nitrogen and oxygen atoms in total. The summed E-state index contributed by atoms with van der Waals surface area (Å²) < 4.78 is 261. The minimum atomic E-state index is -5.46. The van der Waals surface area contributed by atoms with Gasteiger partial charge in [-0.25, -0.2) is 39.5 Å². The molecule has 0 N–H and O–H groups in total. The monoisotopic (exact) mass is 1170 g/mol. The predicted molar refractivity (Wildman–Crippen MR) is 257 cm³/mol. The van der Waals surface area contributed by atoms with Crippen LogP contribution in [0.3, 0.4) is 0 Å². The van der Waals surface area contributed by atoms with E-state index in [1.807, 2.05) is 0 Å². The average Bonchev–Trinajstić information content (AvgIpc) is 4.23. The van der Waals surface area contributed by atoms with E-state index in [4.69, 9.17) is 18.9 Å². The van der Waals surface area contributed by atoms with Gasteiger partial charge in [-0.15, -0.1) is 13.2 Å². The molecule has 5 fully saturated rings. The Kier molecular flexibility index (Phi) is 18.2. The van der Waals surface area contributed by atoms with E-state index in [1.165, 1.54) is 50.7 Å². The molecule has 5 aliphatic rings. The average molecular weight is 1170 g/mol. The normalized spacial score (nSPS) is 23.3. The van der Waals surface area contributed by atoms with E-state index in [0.717, 1.165) is 38.0 Å². The molecule has 0 amide bonds. The lowest BCUT2D eigenvalue weighted by Gasteiger charge is -2.39. The van der Waals surface area contributed by atoms with Gasteiger partial charge in [0.05, 0.1) is 26.4 Å². The van der Waals surface area contributed by atoms with Crippen LogP contribution in [0.4, 0.5) is 70.2 Å². The number of hydrogen-bond donors (Lipinski definition) is 0. The van der Waals surface area contributed by atoms with E-state index in [9.17, 15) is 65.9 Å². The molecule has 3 saturated carbocycles. The molecule has 0 aromatic heterocycles. The second-order valence-electron chi connectivity index (χ2n) is 21.2. The van der Waals surface area contributed by atoms with Gasteiger partial charge in [0.15, 0.2) is 24.2 Å². The van der Waals surface area contributed by atoms with Crippen LogP contribution in [0.25, 0.3) is 11.1 Å². The van der Waals surface area contributed by atoms with Crippen molar-refractivity contribution in [1.82, 2.24) is 0 Å². The first-order valence-corrected chi connectivity index (χ1v) is 26.4. The molecule has 0 bridgehead atoms. The summed E-state index contributed by atoms with van der Waals surface area (Å²) in [5.74, 6) is -16.5. The van der Waals surface area contributed by atoms with Crippen molar-refractivity contribution in [2.45, 2.75) is 121 Å². The molecule has 3 aliphatic carbocycles. The molecule has 0 unspecified atom stereocenters. The smallest absolute Gasteiger partial charge is 0.429 e. The molecule has 2 heterocycles. The minimum Gasteiger partial charge on any atom is -0.429 e. The molecule has 440 valence electrons. The van der Waals surface area contributed by atoms with Gasteiger partial charge < -0.3 is 33.2 Å². The highest BCUT2D eigenvalue weighted by Crippen LogP contribution is 2.45. The standard InChI is InChI=1S/C29H29F9O4.C29H25F7O3/c30-21-9-18(16-5-7-17(8-6-16)27-39-13-19(14-40-27)15-3-1-2-4-15)10-22(31)25(21)28(34,35)41-20-11-23(32)26(24(33)12-20)42-29(36,37)38;1-15-22(30)11-20(12-23(15)31)39-29(35,36)27-25(33)9-18(10-26(27)34)21-7-6-17(8-24(21)32)28-37-13-19(14-38-28)16-4-2-3-5-16/h9-12,15-17,19,27H,1-8,13-14H2;6-12,16,19,28H,2-5,13-14H2,1H3. The van der Waals surface area contributed by atoms with Crippen molar-refractivity contribution in [2.24, 2.45) is 29.6 Å². The number of rotatable bonds is 13. The lowest BCUT2D eigenvalue weighted by atomic mass is 9.78. The van der Waals surface area contributed by atoms with Crippen molar-refractivity contribution in [1.29, 1.82) is 0 Å². The molecule has 10 rings (SSSR count). The van der Waals surface area contributed by atoms with E-state index in [2.05, 4.69) is 14.2 Å². The number of ether oxygens (including phenoxy) is 7. The Labute approximate surface area is 454 Å². The summed E-state index contributed by atoms with van der Waals surface area (Å²) in [7, 11) is 0. The van der Waals surface area contributed by atoms with E-state index in [-0.39, 0.29) is 52.9 Å². The van der Waals surface area contributed by atoms with Crippen LogP contribution in [0.5, 0.6) is 17.2 Å². The van der Waals surface area contributed by atoms with E-state index >= 15 is 4.39 Å². The fourth-order valence-corrected chi connectivity index (χ4v) is 11.6. The second kappa shape index (κ2) is 24.6. The van der Waals surface area contributed by atoms with Gasteiger partial charge in [0.1, 0.15) is 63.3 Å². The third kappa shape index (κ3) is 14.0. The maximum absolute atomic E-state index is 15.0. The lowest BCUT2D eigenvalue weighted by molar-refractivity contribution is -0.276. The van der Waals surface area contributed by atoms with Crippen LogP contribution >= 0.6 is 0 Å². The van der Waals surface area contributed by atoms with E-state index < -0.39 is 111 Å². The zero-order valence-corrected chi connectivity index (χ0v) is 43.2. The molecule has 0 radical (unpaired) electrons. The highest BCUT2D eigenvalue weighted by atomic mass is 19.4. The summed E-state index contributed by atoms with van der Waals surface area (Å²) in [6.45, 7) is 3.34. The molecule has 2 saturated heterocycles. The van der Waals surface area contributed by atoms with Crippen LogP contribution < -0.4 is 14.2 Å². The van der Waals surface area contributed by atoms with Gasteiger partial charge in [0.25, 0.3) is 0 Å². The van der Waals surface area contributed by atoms with Gasteiger partial charge in [0, 0.05) is 58.7 Å². The highest BCUT2D eigenvalue weighted by Gasteiger charge is 2.45. The van der Waals surface area contributed by atoms with Crippen molar-refractivity contribution >= 4 is 0 Å². The first kappa shape index (κ1) is 59.8. The van der Waals surface area contributed by atoms with Crippen molar-refractivity contribution in [3.05, 3.63) is 147 Å². The van der Waals surface area contributed by atoms with Gasteiger partial charge in [-0.3, -0.25) is 0 Å². The molecule has 0 spiro atoms. The summed E-state index contributed by atoms with van der Waals surface area (Å²) in [6, 6.07) is 7.34. The molecular formula is C58H54F16O7. The molecule has 5 aromatic carbocycles. The Morgan fingerprint density at radius 3 is 1.27 bits per heavy atom. The number of benzene rings is 5. The largest absolute Gasteiger partial charge is 0.573 e. The first-order chi connectivity index (χ1) is 38.3. The Hall–Kier alpha value is -5.78. The van der Waals surface area contributed by atoms with Crippen molar-refractivity contribution < 1.29 is 103 Å². The quantitative estimate of drug-likeness (QED) is 0.109. The van der Waals surface area contributed by atoms with Gasteiger partial charge in [0.2, 0.25) is 5.75 Å². The van der Waals surface area contributed by atoms with Gasteiger partial charge in [-0.2, -0.15) is 17.6 Å². The van der Waals surface area contributed by atoms with Crippen molar-refractivity contribution in [2.75, 3.05) is 26.4 Å². The summed E-state index contributed by atoms with van der Waals surface area (Å²) in [6.07, 6.45) is -4.13. The third-order valence-electron chi connectivity index (χ3n) is 15.8. The molecule has 81 heavy (non-hydrogen) atoms. The van der Waals surface area contributed by atoms with Crippen molar-refractivity contribution in [3.8, 4) is 28.4 Å². The zero-order chi connectivity index (χ0) is 58.1. The van der Waals surface area contributed by atoms with E-state index in [1.54, 1.807) is 0 Å². The van der Waals surface area contributed by atoms with Crippen LogP contribution in [0.1, 0.15) is 117 Å². The minimum absolute atomic E-state index is 0.0185. The highest BCUT2D eigenvalue weighted by molar-refractivity contribution is 5.65. The second-order valence-corrected chi connectivity index (χ2v) is 21.2. The fraction of sp³-hybridized carbons (Fsp3) is 0.483. The number of alkyl halides is 7. The third-order valence-corrected chi connectivity index (χ3v) is 15.8. The summed E-state index contributed by atoms with van der Waals surface area (Å²) in [4.78, 5) is 0. The maximum atomic E-state index is 15.0. The van der Waals surface area contributed by atoms with Crippen LogP contribution in [0, 0.1) is 88.9 Å². The molecule has 5 aromatic rings. The van der Waals surface area contributed by atoms with Crippen LogP contribution in [0.15, 0.2) is 66.7 Å². The molecule has 2 aliphatic heterocycles. The topological polar surface area (TPSA) is 64.6 Å². The van der Waals surface area contributed by atoms with Gasteiger partial charge >= 0.3 is 18.6 Å². The lowest BCUT2D eigenvalue weighted by Crippen LogP contribution is -2.40. The zero-order valence-electron chi connectivity index (χ0n) is 43.2. The molecule has 0 atom stereocenters. The first-order valence-electron chi connectivity index (χ1n) is 26.4. The summed E-state index contributed by atoms with van der Waals surface area (Å²) in [5, 5.41) is 0. The Morgan fingerprint density at radius 1 is 0.407 bits per heavy atom. The Bertz CT molecular complexity index is 2920. The van der Waals surface area contributed by atoms with Crippen LogP contribution in [-0.2, 0) is 31.2 Å². The van der Waals surface area contributed by atoms with E-state index in [0.29, 0.717) is 99.7 Å². The van der Waals surface area contributed by atoms with Gasteiger partial charge in [-0.05, 0) is 91.8 Å². The fourth-order valence-electron chi connectivity index (χ4n) is 11.6. The molecule has 23 heteroatoms. The summed E-state index contributed by atoms with van der Waals surface area (Å²) >= 11 is 0. The van der Waals surface area contributed by atoms with Gasteiger partial charge in [-0.1, -0.05) is 63.5 Å². The van der Waals surface area contributed by atoms with Crippen molar-refractivity contribution in [3.63, 3.8) is 0 Å². The SMILES string of the molecule is Cc1c(F)cc(OC(F)(F)c2c(F)cc(-c3ccc(C4OCC(C5CCCC5)CO4)cc3F)cc2F)cc1F.Fc1cc(OC(F)(F)c2c(F)cc(C3CCC(C4OCC(C5CCCC5)CO4)CC3)cc2F)cc(F)c1OC(F)(F)F. The van der Waals surface area contributed by atoms with Crippen LogP contribution in [0.2, 0.25) is 0 Å². The predicted octanol–water partition coefficient (Wildman–Crippen LogP) is 17.1. The summed E-state index contributed by atoms with van der Waals surface area (Å²) in [5.41, 5.74) is -4.07. The Morgan fingerprint density at radius 2 is 0.827 bits per heavy atom. The van der Waals surface area contributed by atoms with Crippen LogP contribution in [-0.4, -0.2) is 39.1 Å². The number of halogens is 16. The Balaban J connectivity index is 0.000000196. The maximum Gasteiger partial charge on any atom is 0.573 e. The number of hydrogen-bond acceptors (Lipinski definition) is 7. The molecular weight excluding hydrogens is 1110 g/mol.